The van der Waals surface area contributed by atoms with Gasteiger partial charge in [-0.3, -0.25) is 19.8 Å². The molecule has 0 saturated heterocycles. The molecule has 0 fully saturated rings. The van der Waals surface area contributed by atoms with Gasteiger partial charge in [0.2, 0.25) is 5.91 Å². The van der Waals surface area contributed by atoms with Crippen LogP contribution in [0.25, 0.3) is 10.4 Å². The van der Waals surface area contributed by atoms with Crippen LogP contribution >= 0.6 is 11.3 Å². The van der Waals surface area contributed by atoms with Gasteiger partial charge in [-0.15, -0.1) is 11.3 Å². The van der Waals surface area contributed by atoms with E-state index in [0.717, 1.165) is 21.7 Å². The fourth-order valence-electron chi connectivity index (χ4n) is 2.52. The van der Waals surface area contributed by atoms with Crippen LogP contribution in [0.3, 0.4) is 0 Å². The predicted molar refractivity (Wildman–Crippen MR) is 95.8 cm³/mol. The van der Waals surface area contributed by atoms with E-state index in [0.29, 0.717) is 12.4 Å². The number of H-pyrrole nitrogens is 1. The number of aryl methyl sites for hydroxylation is 1. The summed E-state index contributed by atoms with van der Waals surface area (Å²) in [6, 6.07) is 7.89. The maximum atomic E-state index is 12.3. The Hall–Kier alpha value is -2.51. The lowest BCUT2D eigenvalue weighted by Gasteiger charge is -2.15. The minimum Gasteiger partial charge on any atom is -0.308 e. The zero-order chi connectivity index (χ0) is 16.9. The largest absolute Gasteiger partial charge is 0.308 e. The van der Waals surface area contributed by atoms with Crippen molar-refractivity contribution >= 4 is 23.1 Å². The van der Waals surface area contributed by atoms with Gasteiger partial charge < -0.3 is 5.32 Å². The fourth-order valence-corrected chi connectivity index (χ4v) is 3.35. The van der Waals surface area contributed by atoms with Crippen LogP contribution in [0.5, 0.6) is 0 Å². The average molecular weight is 341 g/mol. The normalized spacial score (nSPS) is 11.0. The standard InChI is InChI=1S/C17H19N5OS/c1-12-16(14-6-4-8-24-14)17(21-20-12)19-15(23)11-22(2)10-13-5-3-7-18-9-13/h3-9H,10-11H2,1-2H3,(H2,19,20,21,23). The third kappa shape index (κ3) is 3.87. The van der Waals surface area contributed by atoms with E-state index in [1.807, 2.05) is 48.5 Å². The number of thiophene rings is 1. The predicted octanol–water partition coefficient (Wildman–Crippen LogP) is 2.91. The van der Waals surface area contributed by atoms with Crippen LogP contribution in [0.2, 0.25) is 0 Å². The minimum absolute atomic E-state index is 0.0919. The molecule has 3 heterocycles. The van der Waals surface area contributed by atoms with Crippen molar-refractivity contribution in [2.24, 2.45) is 0 Å². The smallest absolute Gasteiger partial charge is 0.239 e. The molecule has 1 amide bonds. The molecule has 0 spiro atoms. The van der Waals surface area contributed by atoms with E-state index in [-0.39, 0.29) is 12.5 Å². The lowest BCUT2D eigenvalue weighted by molar-refractivity contribution is -0.117. The first-order valence-corrected chi connectivity index (χ1v) is 8.47. The molecular formula is C17H19N5OS. The van der Waals surface area contributed by atoms with E-state index in [9.17, 15) is 4.79 Å². The van der Waals surface area contributed by atoms with Crippen LogP contribution in [0.1, 0.15) is 11.3 Å². The molecule has 0 aliphatic rings. The highest BCUT2D eigenvalue weighted by atomic mass is 32.1. The number of hydrogen-bond acceptors (Lipinski definition) is 5. The second kappa shape index (κ2) is 7.37. The highest BCUT2D eigenvalue weighted by molar-refractivity contribution is 7.13. The maximum absolute atomic E-state index is 12.3. The molecule has 0 saturated carbocycles. The van der Waals surface area contributed by atoms with Gasteiger partial charge in [0.15, 0.2) is 5.82 Å². The molecule has 24 heavy (non-hydrogen) atoms. The maximum Gasteiger partial charge on any atom is 0.239 e. The van der Waals surface area contributed by atoms with E-state index < -0.39 is 0 Å². The molecule has 0 bridgehead atoms. The number of carbonyl (C=O) groups excluding carboxylic acids is 1. The van der Waals surface area contributed by atoms with Gasteiger partial charge in [-0.25, -0.2) is 0 Å². The molecule has 0 aromatic carbocycles. The minimum atomic E-state index is -0.0919. The average Bonchev–Trinajstić information content (AvgIpc) is 3.18. The molecule has 3 aromatic rings. The van der Waals surface area contributed by atoms with Crippen molar-refractivity contribution in [2.45, 2.75) is 13.5 Å². The van der Waals surface area contributed by atoms with Gasteiger partial charge >= 0.3 is 0 Å². The molecular weight excluding hydrogens is 322 g/mol. The Kier molecular flexibility index (Phi) is 5.02. The van der Waals surface area contributed by atoms with Crippen LogP contribution in [-0.4, -0.2) is 39.6 Å². The summed E-state index contributed by atoms with van der Waals surface area (Å²) in [5.74, 6) is 0.487. The molecule has 7 heteroatoms. The summed E-state index contributed by atoms with van der Waals surface area (Å²) in [5.41, 5.74) is 2.97. The molecule has 0 unspecified atom stereocenters. The molecule has 0 radical (unpaired) electrons. The Bertz CT molecular complexity index is 798. The summed E-state index contributed by atoms with van der Waals surface area (Å²) in [4.78, 5) is 19.4. The number of nitrogens with zero attached hydrogens (tertiary/aromatic N) is 3. The first kappa shape index (κ1) is 16.4. The van der Waals surface area contributed by atoms with Gasteiger partial charge in [0.1, 0.15) is 0 Å². The van der Waals surface area contributed by atoms with Gasteiger partial charge in [-0.1, -0.05) is 12.1 Å². The van der Waals surface area contributed by atoms with E-state index in [1.54, 1.807) is 23.7 Å². The molecule has 3 aromatic heterocycles. The molecule has 2 N–H and O–H groups in total. The second-order valence-electron chi connectivity index (χ2n) is 5.63. The summed E-state index contributed by atoms with van der Waals surface area (Å²) >= 11 is 1.62. The van der Waals surface area contributed by atoms with Crippen molar-refractivity contribution in [3.8, 4) is 10.4 Å². The van der Waals surface area contributed by atoms with E-state index in [4.69, 9.17) is 0 Å². The van der Waals surface area contributed by atoms with Gasteiger partial charge in [0, 0.05) is 29.5 Å². The third-order valence-corrected chi connectivity index (χ3v) is 4.45. The number of hydrogen-bond donors (Lipinski definition) is 2. The van der Waals surface area contributed by atoms with Gasteiger partial charge in [-0.2, -0.15) is 5.10 Å². The quantitative estimate of drug-likeness (QED) is 0.723. The summed E-state index contributed by atoms with van der Waals surface area (Å²) in [7, 11) is 1.91. The number of aromatic amines is 1. The Balaban J connectivity index is 1.63. The number of rotatable bonds is 6. The number of anilines is 1. The van der Waals surface area contributed by atoms with Crippen molar-refractivity contribution in [3.63, 3.8) is 0 Å². The summed E-state index contributed by atoms with van der Waals surface area (Å²) in [6.07, 6.45) is 3.54. The highest BCUT2D eigenvalue weighted by Gasteiger charge is 2.16. The molecule has 0 aliphatic carbocycles. The fraction of sp³-hybridized carbons (Fsp3) is 0.235. The first-order valence-electron chi connectivity index (χ1n) is 7.59. The Morgan fingerprint density at radius 1 is 1.38 bits per heavy atom. The van der Waals surface area contributed by atoms with Crippen LogP contribution in [0, 0.1) is 6.92 Å². The zero-order valence-corrected chi connectivity index (χ0v) is 14.4. The molecule has 3 rings (SSSR count). The van der Waals surface area contributed by atoms with E-state index in [2.05, 4.69) is 20.5 Å². The SMILES string of the molecule is Cc1[nH]nc(NC(=O)CN(C)Cc2cccnc2)c1-c1cccs1. The van der Waals surface area contributed by atoms with Crippen LogP contribution in [0.15, 0.2) is 42.0 Å². The van der Waals surface area contributed by atoms with Crippen LogP contribution < -0.4 is 5.32 Å². The number of amides is 1. The molecule has 0 atom stereocenters. The first-order chi connectivity index (χ1) is 11.6. The molecule has 6 nitrogen and oxygen atoms in total. The topological polar surface area (TPSA) is 73.9 Å². The van der Waals surface area contributed by atoms with Gasteiger partial charge in [-0.05, 0) is 37.0 Å². The summed E-state index contributed by atoms with van der Waals surface area (Å²) < 4.78 is 0. The van der Waals surface area contributed by atoms with Crippen molar-refractivity contribution in [2.75, 3.05) is 18.9 Å². The number of carbonyl (C=O) groups is 1. The third-order valence-electron chi connectivity index (χ3n) is 3.56. The van der Waals surface area contributed by atoms with Crippen molar-refractivity contribution in [3.05, 3.63) is 53.3 Å². The summed E-state index contributed by atoms with van der Waals surface area (Å²) in [6.45, 7) is 2.90. The lowest BCUT2D eigenvalue weighted by Crippen LogP contribution is -2.30. The number of aromatic nitrogens is 3. The molecule has 0 aliphatic heterocycles. The Morgan fingerprint density at radius 3 is 2.96 bits per heavy atom. The second-order valence-corrected chi connectivity index (χ2v) is 6.58. The van der Waals surface area contributed by atoms with E-state index >= 15 is 0 Å². The van der Waals surface area contributed by atoms with E-state index in [1.165, 1.54) is 0 Å². The summed E-state index contributed by atoms with van der Waals surface area (Å²) in [5, 5.41) is 12.1. The number of pyridine rings is 1. The Morgan fingerprint density at radius 2 is 2.25 bits per heavy atom. The lowest BCUT2D eigenvalue weighted by atomic mass is 10.2. The van der Waals surface area contributed by atoms with Crippen molar-refractivity contribution < 1.29 is 4.79 Å². The zero-order valence-electron chi connectivity index (χ0n) is 13.6. The highest BCUT2D eigenvalue weighted by Crippen LogP contribution is 2.32. The van der Waals surface area contributed by atoms with Crippen molar-refractivity contribution in [1.82, 2.24) is 20.1 Å². The Labute approximate surface area is 144 Å². The van der Waals surface area contributed by atoms with Gasteiger partial charge in [0.25, 0.3) is 0 Å². The van der Waals surface area contributed by atoms with Crippen LogP contribution in [0.4, 0.5) is 5.82 Å². The monoisotopic (exact) mass is 341 g/mol. The van der Waals surface area contributed by atoms with Gasteiger partial charge in [0.05, 0.1) is 12.1 Å². The molecule has 124 valence electrons. The number of nitrogens with one attached hydrogen (secondary N) is 2. The van der Waals surface area contributed by atoms with Crippen LogP contribution in [-0.2, 0) is 11.3 Å². The number of likely N-dealkylation sites (N-methyl/N-ethyl adjacent to an activating group) is 1. The van der Waals surface area contributed by atoms with Crippen molar-refractivity contribution in [1.29, 1.82) is 0 Å².